The second-order valence-electron chi connectivity index (χ2n) is 9.59. The summed E-state index contributed by atoms with van der Waals surface area (Å²) < 4.78 is 17.5. The summed E-state index contributed by atoms with van der Waals surface area (Å²) in [4.78, 5) is 24.9. The average Bonchev–Trinajstić information content (AvgIpc) is 2.76. The number of benzene rings is 2. The molecule has 180 valence electrons. The van der Waals surface area contributed by atoms with E-state index in [0.29, 0.717) is 0 Å². The first-order chi connectivity index (χ1) is 15.6. The fraction of sp³-hybridized carbons (Fsp3) is 0.500. The lowest BCUT2D eigenvalue weighted by atomic mass is 9.89. The lowest BCUT2D eigenvalue weighted by molar-refractivity contribution is -0.166. The van der Waals surface area contributed by atoms with Crippen LogP contribution in [0.5, 0.6) is 5.75 Å². The van der Waals surface area contributed by atoms with E-state index < -0.39 is 29.6 Å². The molecule has 2 aromatic rings. The number of hydrogen-bond donors (Lipinski definition) is 0. The zero-order valence-corrected chi connectivity index (χ0v) is 20.7. The molecule has 5 heteroatoms. The quantitative estimate of drug-likeness (QED) is 0.390. The van der Waals surface area contributed by atoms with Gasteiger partial charge in [0.2, 0.25) is 0 Å². The van der Waals surface area contributed by atoms with Crippen molar-refractivity contribution in [1.29, 1.82) is 0 Å². The summed E-state index contributed by atoms with van der Waals surface area (Å²) in [6, 6.07) is 19.8. The van der Waals surface area contributed by atoms with E-state index in [1.54, 1.807) is 27.7 Å². The van der Waals surface area contributed by atoms with Crippen LogP contribution in [0.3, 0.4) is 0 Å². The predicted molar refractivity (Wildman–Crippen MR) is 130 cm³/mol. The highest BCUT2D eigenvalue weighted by Gasteiger charge is 2.32. The molecule has 0 aliphatic rings. The molecule has 0 amide bonds. The highest BCUT2D eigenvalue weighted by molar-refractivity contribution is 5.79. The van der Waals surface area contributed by atoms with Crippen LogP contribution < -0.4 is 4.74 Å². The predicted octanol–water partition coefficient (Wildman–Crippen LogP) is 6.00. The van der Waals surface area contributed by atoms with Crippen LogP contribution in [-0.2, 0) is 25.5 Å². The Hall–Kier alpha value is -2.82. The van der Waals surface area contributed by atoms with Gasteiger partial charge in [0, 0.05) is 5.92 Å². The van der Waals surface area contributed by atoms with Gasteiger partial charge in [0.15, 0.2) is 0 Å². The van der Waals surface area contributed by atoms with Crippen LogP contribution in [0.2, 0.25) is 0 Å². The fourth-order valence-corrected chi connectivity index (χ4v) is 3.72. The molecule has 5 nitrogen and oxygen atoms in total. The molecule has 0 aromatic heterocycles. The SMILES string of the molecule is CC[C@@H](Cc1ccccc1)[C@H](Oc1ccccc1)[C@H](C)OC(=O)C(C)CC(=O)OC(C)(C)C. The highest BCUT2D eigenvalue weighted by atomic mass is 16.6. The molecule has 4 atom stereocenters. The minimum Gasteiger partial charge on any atom is -0.486 e. The van der Waals surface area contributed by atoms with Crippen LogP contribution in [0, 0.1) is 11.8 Å². The molecular weight excluding hydrogens is 416 g/mol. The van der Waals surface area contributed by atoms with Gasteiger partial charge in [0.25, 0.3) is 0 Å². The summed E-state index contributed by atoms with van der Waals surface area (Å²) >= 11 is 0. The van der Waals surface area contributed by atoms with Crippen molar-refractivity contribution >= 4 is 11.9 Å². The molecule has 0 N–H and O–H groups in total. The van der Waals surface area contributed by atoms with Crippen molar-refractivity contribution in [2.75, 3.05) is 0 Å². The van der Waals surface area contributed by atoms with E-state index in [1.165, 1.54) is 5.56 Å². The fourth-order valence-electron chi connectivity index (χ4n) is 3.72. The number of esters is 2. The Morgan fingerprint density at radius 3 is 2.03 bits per heavy atom. The maximum Gasteiger partial charge on any atom is 0.309 e. The van der Waals surface area contributed by atoms with Gasteiger partial charge in [-0.1, -0.05) is 62.4 Å². The summed E-state index contributed by atoms with van der Waals surface area (Å²) in [7, 11) is 0. The topological polar surface area (TPSA) is 61.8 Å². The second kappa shape index (κ2) is 12.4. The number of para-hydroxylation sites is 1. The minimum atomic E-state index is -0.603. The smallest absolute Gasteiger partial charge is 0.309 e. The number of carbonyl (C=O) groups is 2. The van der Waals surface area contributed by atoms with Crippen molar-refractivity contribution in [2.45, 2.75) is 78.6 Å². The number of ether oxygens (including phenoxy) is 3. The Morgan fingerprint density at radius 2 is 1.48 bits per heavy atom. The largest absolute Gasteiger partial charge is 0.486 e. The van der Waals surface area contributed by atoms with Crippen molar-refractivity contribution in [3.63, 3.8) is 0 Å². The zero-order valence-electron chi connectivity index (χ0n) is 20.7. The monoisotopic (exact) mass is 454 g/mol. The van der Waals surface area contributed by atoms with E-state index in [1.807, 2.05) is 55.5 Å². The first kappa shape index (κ1) is 26.4. The molecule has 0 radical (unpaired) electrons. The molecule has 2 aromatic carbocycles. The van der Waals surface area contributed by atoms with Gasteiger partial charge in [-0.2, -0.15) is 0 Å². The Bertz CT molecular complexity index is 857. The van der Waals surface area contributed by atoms with E-state index in [0.717, 1.165) is 18.6 Å². The molecule has 33 heavy (non-hydrogen) atoms. The molecule has 0 heterocycles. The summed E-state index contributed by atoms with van der Waals surface area (Å²) in [5.41, 5.74) is 0.622. The van der Waals surface area contributed by atoms with Crippen molar-refractivity contribution in [1.82, 2.24) is 0 Å². The van der Waals surface area contributed by atoms with Gasteiger partial charge in [-0.25, -0.2) is 0 Å². The van der Waals surface area contributed by atoms with Gasteiger partial charge in [-0.15, -0.1) is 0 Å². The van der Waals surface area contributed by atoms with Crippen LogP contribution in [0.25, 0.3) is 0 Å². The van der Waals surface area contributed by atoms with Crippen molar-refractivity contribution in [3.8, 4) is 5.75 Å². The molecule has 0 bridgehead atoms. The molecule has 0 saturated carbocycles. The van der Waals surface area contributed by atoms with Crippen LogP contribution in [0.1, 0.15) is 59.9 Å². The number of hydrogen-bond acceptors (Lipinski definition) is 5. The van der Waals surface area contributed by atoms with Crippen molar-refractivity contribution in [2.24, 2.45) is 11.8 Å². The zero-order chi connectivity index (χ0) is 24.4. The van der Waals surface area contributed by atoms with Gasteiger partial charge in [-0.05, 0) is 58.2 Å². The van der Waals surface area contributed by atoms with E-state index in [2.05, 4.69) is 19.1 Å². The summed E-state index contributed by atoms with van der Waals surface area (Å²) in [6.07, 6.45) is 0.822. The third-order valence-corrected chi connectivity index (χ3v) is 5.41. The maximum atomic E-state index is 12.8. The van der Waals surface area contributed by atoms with Crippen molar-refractivity contribution < 1.29 is 23.8 Å². The van der Waals surface area contributed by atoms with Crippen LogP contribution in [-0.4, -0.2) is 29.7 Å². The van der Waals surface area contributed by atoms with Crippen LogP contribution in [0.15, 0.2) is 60.7 Å². The Kier molecular flexibility index (Phi) is 9.95. The lowest BCUT2D eigenvalue weighted by Gasteiger charge is -2.32. The van der Waals surface area contributed by atoms with Crippen LogP contribution in [0.4, 0.5) is 0 Å². The standard InChI is InChI=1S/C28H38O5/c1-7-23(19-22-14-10-8-11-15-22)26(32-24-16-12-9-13-17-24)21(3)31-27(30)20(2)18-25(29)33-28(4,5)6/h8-17,20-21,23,26H,7,18-19H2,1-6H3/t20?,21-,23-,26+/m0/s1. The van der Waals surface area contributed by atoms with Gasteiger partial charge in [0.05, 0.1) is 12.3 Å². The number of carbonyl (C=O) groups excluding carboxylic acids is 2. The molecule has 0 fully saturated rings. The normalized spacial score (nSPS) is 15.1. The summed E-state index contributed by atoms with van der Waals surface area (Å²) in [6.45, 7) is 11.1. The van der Waals surface area contributed by atoms with Gasteiger partial charge in [-0.3, -0.25) is 9.59 Å². The lowest BCUT2D eigenvalue weighted by Crippen LogP contribution is -2.41. The Morgan fingerprint density at radius 1 is 0.909 bits per heavy atom. The molecule has 0 aliphatic carbocycles. The molecule has 0 spiro atoms. The third kappa shape index (κ3) is 9.29. The van der Waals surface area contributed by atoms with E-state index in [4.69, 9.17) is 14.2 Å². The highest BCUT2D eigenvalue weighted by Crippen LogP contribution is 2.26. The molecule has 0 aliphatic heterocycles. The van der Waals surface area contributed by atoms with Gasteiger partial charge < -0.3 is 14.2 Å². The van der Waals surface area contributed by atoms with E-state index >= 15 is 0 Å². The molecule has 2 rings (SSSR count). The maximum absolute atomic E-state index is 12.8. The van der Waals surface area contributed by atoms with Crippen molar-refractivity contribution in [3.05, 3.63) is 66.2 Å². The molecule has 1 unspecified atom stereocenters. The Labute approximate surface area is 198 Å². The third-order valence-electron chi connectivity index (χ3n) is 5.41. The van der Waals surface area contributed by atoms with Crippen LogP contribution >= 0.6 is 0 Å². The first-order valence-corrected chi connectivity index (χ1v) is 11.8. The summed E-state index contributed by atoms with van der Waals surface area (Å²) in [5, 5.41) is 0. The minimum absolute atomic E-state index is 0.0196. The second-order valence-corrected chi connectivity index (χ2v) is 9.59. The van der Waals surface area contributed by atoms with Gasteiger partial charge >= 0.3 is 11.9 Å². The van der Waals surface area contributed by atoms with E-state index in [9.17, 15) is 9.59 Å². The molecule has 0 saturated heterocycles. The van der Waals surface area contributed by atoms with E-state index in [-0.39, 0.29) is 18.4 Å². The summed E-state index contributed by atoms with van der Waals surface area (Å²) in [5.74, 6) is -0.569. The Balaban J connectivity index is 2.12. The first-order valence-electron chi connectivity index (χ1n) is 11.8. The number of rotatable bonds is 11. The molecular formula is C28H38O5. The average molecular weight is 455 g/mol. The van der Waals surface area contributed by atoms with Gasteiger partial charge in [0.1, 0.15) is 23.6 Å².